The average Bonchev–Trinajstić information content (AvgIpc) is 3.26. The lowest BCUT2D eigenvalue weighted by atomic mass is 9.99. The fourth-order valence-corrected chi connectivity index (χ4v) is 5.62. The standard InChI is InChI=1S/C23H22FN3O4S2/c1-2-32(28,29)26-20-13-11-17(12-14-20)22-16-23(18-7-6-8-19(24)15-18)27(25-22)33(30,31)21-9-4-3-5-10-21/h3-15,23,26H,2,16H2,1H3/t23-/m1/s1. The Morgan fingerprint density at radius 1 is 0.970 bits per heavy atom. The van der Waals surface area contributed by atoms with E-state index in [1.165, 1.54) is 37.3 Å². The number of sulfonamides is 2. The molecule has 0 radical (unpaired) electrons. The molecule has 0 saturated carbocycles. The Kier molecular flexibility index (Phi) is 6.22. The van der Waals surface area contributed by atoms with Crippen LogP contribution in [0.1, 0.15) is 30.5 Å². The lowest BCUT2D eigenvalue weighted by molar-refractivity contribution is 0.370. The van der Waals surface area contributed by atoms with E-state index in [2.05, 4.69) is 9.82 Å². The molecule has 0 spiro atoms. The molecule has 0 saturated heterocycles. The van der Waals surface area contributed by atoms with Gasteiger partial charge in [-0.15, -0.1) is 0 Å². The van der Waals surface area contributed by atoms with E-state index in [9.17, 15) is 21.2 Å². The highest BCUT2D eigenvalue weighted by molar-refractivity contribution is 7.92. The molecule has 172 valence electrons. The summed E-state index contributed by atoms with van der Waals surface area (Å²) in [5.74, 6) is -0.520. The predicted molar refractivity (Wildman–Crippen MR) is 125 cm³/mol. The highest BCUT2D eigenvalue weighted by atomic mass is 32.2. The summed E-state index contributed by atoms with van der Waals surface area (Å²) >= 11 is 0. The highest BCUT2D eigenvalue weighted by Gasteiger charge is 2.37. The van der Waals surface area contributed by atoms with E-state index in [4.69, 9.17) is 0 Å². The average molecular weight is 488 g/mol. The molecule has 0 amide bonds. The van der Waals surface area contributed by atoms with E-state index >= 15 is 0 Å². The smallest absolute Gasteiger partial charge is 0.279 e. The van der Waals surface area contributed by atoms with E-state index in [1.807, 2.05) is 0 Å². The van der Waals surface area contributed by atoms with Gasteiger partial charge in [-0.3, -0.25) is 4.72 Å². The number of hydrogen-bond donors (Lipinski definition) is 1. The number of benzene rings is 3. The summed E-state index contributed by atoms with van der Waals surface area (Å²) in [6.45, 7) is 1.54. The number of nitrogens with one attached hydrogen (secondary N) is 1. The molecule has 4 rings (SSSR count). The van der Waals surface area contributed by atoms with Gasteiger partial charge >= 0.3 is 0 Å². The van der Waals surface area contributed by atoms with Crippen molar-refractivity contribution in [2.75, 3.05) is 10.5 Å². The summed E-state index contributed by atoms with van der Waals surface area (Å²) in [5.41, 5.74) is 2.02. The zero-order chi connectivity index (χ0) is 23.6. The first-order valence-electron chi connectivity index (χ1n) is 10.2. The van der Waals surface area contributed by atoms with Crippen molar-refractivity contribution in [1.82, 2.24) is 4.41 Å². The van der Waals surface area contributed by atoms with Gasteiger partial charge in [0.05, 0.1) is 22.4 Å². The topological polar surface area (TPSA) is 95.9 Å². The van der Waals surface area contributed by atoms with Crippen LogP contribution >= 0.6 is 0 Å². The van der Waals surface area contributed by atoms with Gasteiger partial charge in [-0.1, -0.05) is 42.5 Å². The summed E-state index contributed by atoms with van der Waals surface area (Å²) < 4.78 is 67.7. The van der Waals surface area contributed by atoms with Crippen molar-refractivity contribution in [2.24, 2.45) is 5.10 Å². The van der Waals surface area contributed by atoms with E-state index in [1.54, 1.807) is 48.5 Å². The summed E-state index contributed by atoms with van der Waals surface area (Å²) in [6, 6.07) is 19.6. The third kappa shape index (κ3) is 4.91. The molecule has 0 unspecified atom stereocenters. The Morgan fingerprint density at radius 3 is 2.30 bits per heavy atom. The summed E-state index contributed by atoms with van der Waals surface area (Å²) in [7, 11) is -7.41. The van der Waals surface area contributed by atoms with E-state index < -0.39 is 31.9 Å². The third-order valence-electron chi connectivity index (χ3n) is 5.26. The summed E-state index contributed by atoms with van der Waals surface area (Å²) in [6.07, 6.45) is 0.232. The second kappa shape index (κ2) is 8.95. The maximum atomic E-state index is 13.9. The molecule has 10 heteroatoms. The number of nitrogens with zero attached hydrogens (tertiary/aromatic N) is 2. The molecular formula is C23H22FN3O4S2. The van der Waals surface area contributed by atoms with Crippen molar-refractivity contribution >= 4 is 31.4 Å². The normalized spacial score (nSPS) is 16.5. The fraction of sp³-hybridized carbons (Fsp3) is 0.174. The minimum atomic E-state index is -3.99. The molecule has 7 nitrogen and oxygen atoms in total. The maximum Gasteiger partial charge on any atom is 0.279 e. The Morgan fingerprint density at radius 2 is 1.67 bits per heavy atom. The lowest BCUT2D eigenvalue weighted by Crippen LogP contribution is -2.27. The zero-order valence-corrected chi connectivity index (χ0v) is 19.4. The van der Waals surface area contributed by atoms with Crippen LogP contribution in [-0.4, -0.2) is 32.7 Å². The largest absolute Gasteiger partial charge is 0.284 e. The number of anilines is 1. The predicted octanol–water partition coefficient (Wildman–Crippen LogP) is 4.13. The van der Waals surface area contributed by atoms with Crippen molar-refractivity contribution < 1.29 is 21.2 Å². The van der Waals surface area contributed by atoms with Gasteiger partial charge in [-0.25, -0.2) is 12.8 Å². The second-order valence-electron chi connectivity index (χ2n) is 7.50. The van der Waals surface area contributed by atoms with Crippen LogP contribution in [0.4, 0.5) is 10.1 Å². The molecule has 0 aliphatic carbocycles. The van der Waals surface area contributed by atoms with Gasteiger partial charge in [0.25, 0.3) is 10.0 Å². The van der Waals surface area contributed by atoms with Gasteiger partial charge in [0.15, 0.2) is 0 Å². The highest BCUT2D eigenvalue weighted by Crippen LogP contribution is 2.37. The van der Waals surface area contributed by atoms with Crippen LogP contribution in [0, 0.1) is 5.82 Å². The van der Waals surface area contributed by atoms with Crippen LogP contribution in [0.5, 0.6) is 0 Å². The summed E-state index contributed by atoms with van der Waals surface area (Å²) in [4.78, 5) is 0.0840. The van der Waals surface area contributed by atoms with Crippen molar-refractivity contribution in [3.8, 4) is 0 Å². The van der Waals surface area contributed by atoms with Gasteiger partial charge in [0, 0.05) is 12.1 Å². The lowest BCUT2D eigenvalue weighted by Gasteiger charge is -2.23. The van der Waals surface area contributed by atoms with E-state index in [-0.39, 0.29) is 17.1 Å². The van der Waals surface area contributed by atoms with Crippen molar-refractivity contribution in [1.29, 1.82) is 0 Å². The first-order chi connectivity index (χ1) is 15.7. The molecule has 1 N–H and O–H groups in total. The molecule has 1 atom stereocenters. The molecule has 0 aromatic heterocycles. The van der Waals surface area contributed by atoms with Crippen molar-refractivity contribution in [2.45, 2.75) is 24.3 Å². The molecule has 1 aliphatic heterocycles. The maximum absolute atomic E-state index is 13.9. The zero-order valence-electron chi connectivity index (χ0n) is 17.7. The number of hydrogen-bond acceptors (Lipinski definition) is 5. The van der Waals surface area contributed by atoms with E-state index in [0.717, 1.165) is 4.41 Å². The van der Waals surface area contributed by atoms with Crippen LogP contribution in [0.15, 0.2) is 88.9 Å². The van der Waals surface area contributed by atoms with Crippen molar-refractivity contribution in [3.05, 3.63) is 95.8 Å². The minimum absolute atomic E-state index is 0.0525. The summed E-state index contributed by atoms with van der Waals surface area (Å²) in [5, 5.41) is 4.42. The molecule has 3 aromatic rings. The molecular weight excluding hydrogens is 465 g/mol. The van der Waals surface area contributed by atoms with Gasteiger partial charge < -0.3 is 0 Å². The number of rotatable bonds is 7. The first-order valence-corrected chi connectivity index (χ1v) is 13.3. The Labute approximate surface area is 192 Å². The number of halogens is 1. The first kappa shape index (κ1) is 22.9. The quantitative estimate of drug-likeness (QED) is 0.542. The minimum Gasteiger partial charge on any atom is -0.284 e. The van der Waals surface area contributed by atoms with Crippen LogP contribution < -0.4 is 4.72 Å². The Hall–Kier alpha value is -3.24. The Balaban J connectivity index is 1.72. The fourth-order valence-electron chi connectivity index (χ4n) is 3.53. The monoisotopic (exact) mass is 487 g/mol. The van der Waals surface area contributed by atoms with Crippen LogP contribution in [0.2, 0.25) is 0 Å². The van der Waals surface area contributed by atoms with Gasteiger partial charge in [0.1, 0.15) is 5.82 Å². The second-order valence-corrected chi connectivity index (χ2v) is 11.3. The number of hydrazone groups is 1. The molecule has 0 fully saturated rings. The van der Waals surface area contributed by atoms with Gasteiger partial charge in [-0.2, -0.15) is 17.9 Å². The third-order valence-corrected chi connectivity index (χ3v) is 8.27. The van der Waals surface area contributed by atoms with Crippen LogP contribution in [-0.2, 0) is 20.0 Å². The Bertz CT molecular complexity index is 1390. The molecule has 33 heavy (non-hydrogen) atoms. The van der Waals surface area contributed by atoms with Gasteiger partial charge in [-0.05, 0) is 54.4 Å². The SMILES string of the molecule is CCS(=O)(=O)Nc1ccc(C2=NN(S(=O)(=O)c3ccccc3)[C@@H](c3cccc(F)c3)C2)cc1. The molecule has 0 bridgehead atoms. The molecule has 1 heterocycles. The van der Waals surface area contributed by atoms with Crippen LogP contribution in [0.3, 0.4) is 0 Å². The van der Waals surface area contributed by atoms with E-state index in [0.29, 0.717) is 22.5 Å². The van der Waals surface area contributed by atoms with Crippen molar-refractivity contribution in [3.63, 3.8) is 0 Å². The van der Waals surface area contributed by atoms with Crippen LogP contribution in [0.25, 0.3) is 0 Å². The molecule has 3 aromatic carbocycles. The molecule has 1 aliphatic rings. The van der Waals surface area contributed by atoms with Gasteiger partial charge in [0.2, 0.25) is 10.0 Å².